The number of carbonyl (C=O) groups is 7. The van der Waals surface area contributed by atoms with Gasteiger partial charge in [-0.05, 0) is 63.8 Å². The van der Waals surface area contributed by atoms with Crippen molar-refractivity contribution in [3.63, 3.8) is 0 Å². The van der Waals surface area contributed by atoms with Crippen molar-refractivity contribution in [1.82, 2.24) is 49.9 Å². The van der Waals surface area contributed by atoms with Crippen molar-refractivity contribution < 1.29 is 71.9 Å². The third kappa shape index (κ3) is 17.2. The van der Waals surface area contributed by atoms with Crippen LogP contribution < -0.4 is 31.2 Å². The number of carboxylic acids is 3. The van der Waals surface area contributed by atoms with E-state index in [1.807, 2.05) is 18.7 Å². The van der Waals surface area contributed by atoms with Gasteiger partial charge in [0, 0.05) is 119 Å². The predicted molar refractivity (Wildman–Crippen MR) is 293 cm³/mol. The second-order valence-corrected chi connectivity index (χ2v) is 21.0. The standard InChI is InChI=1S/C55H72F2N12O13/c1-55(2)34-81-20-19-68(55)54(79)51-42-33-82-45-26-44(80-3)40(25-41(45)52(42)69(63-51)39-23-36(56)22-37(57)24-39)35-21-38(28-59-27-35)62-46(70)8-6-10-61-53(78)43(58)7-4-5-9-60-47(71)29-64-11-13-65(30-48(72)73)15-17-67(32-50(76)77)18-16-66(14-12-64)31-49(74)75/h21-28,43H,4-20,29-34,58H2,1-3H3,(H,60,71)(H,61,78)(H,62,70)(H,72,73)(H,74,75)(H,76,77)/t43-/m1/s1. The van der Waals surface area contributed by atoms with Gasteiger partial charge in [-0.1, -0.05) is 0 Å². The number of rotatable bonds is 23. The van der Waals surface area contributed by atoms with E-state index in [1.54, 1.807) is 44.0 Å². The van der Waals surface area contributed by atoms with Crippen LogP contribution in [0, 0.1) is 11.6 Å². The first-order chi connectivity index (χ1) is 39.2. The summed E-state index contributed by atoms with van der Waals surface area (Å²) in [5.74, 6) is -5.51. The molecule has 3 aliphatic rings. The van der Waals surface area contributed by atoms with E-state index < -0.39 is 52.9 Å². The first kappa shape index (κ1) is 61.9. The molecule has 7 rings (SSSR count). The second kappa shape index (κ2) is 28.8. The van der Waals surface area contributed by atoms with Crippen LogP contribution in [0.4, 0.5) is 14.5 Å². The fraction of sp³-hybridized carbons (Fsp3) is 0.509. The Morgan fingerprint density at radius 1 is 0.732 bits per heavy atom. The van der Waals surface area contributed by atoms with E-state index in [0.717, 1.165) is 18.2 Å². The molecular weight excluding hydrogens is 1070 g/mol. The smallest absolute Gasteiger partial charge is 0.317 e. The van der Waals surface area contributed by atoms with Crippen LogP contribution in [0.15, 0.2) is 48.8 Å². The Morgan fingerprint density at radius 3 is 1.91 bits per heavy atom. The minimum Gasteiger partial charge on any atom is -0.496 e. The number of halogens is 2. The minimum atomic E-state index is -1.05. The van der Waals surface area contributed by atoms with Gasteiger partial charge in [0.2, 0.25) is 17.7 Å². The summed E-state index contributed by atoms with van der Waals surface area (Å²) < 4.78 is 48.6. The first-order valence-electron chi connectivity index (χ1n) is 27.1. The number of fused-ring (bicyclic) bond motifs is 3. The van der Waals surface area contributed by atoms with Crippen molar-refractivity contribution in [3.05, 3.63) is 71.7 Å². The molecule has 0 bridgehead atoms. The molecular formula is C55H72F2N12O13. The summed E-state index contributed by atoms with van der Waals surface area (Å²) in [6.45, 7) is 6.42. The van der Waals surface area contributed by atoms with Crippen LogP contribution in [0.5, 0.6) is 11.5 Å². The molecule has 0 aliphatic carbocycles. The number of amides is 4. The molecule has 2 fully saturated rings. The molecule has 0 unspecified atom stereocenters. The van der Waals surface area contributed by atoms with Crippen molar-refractivity contribution in [3.8, 4) is 39.6 Å². The number of methoxy groups -OCH3 is 1. The second-order valence-electron chi connectivity index (χ2n) is 21.0. The molecule has 3 aliphatic heterocycles. The van der Waals surface area contributed by atoms with Crippen LogP contribution in [0.3, 0.4) is 0 Å². The molecule has 2 aromatic heterocycles. The number of benzene rings is 2. The van der Waals surface area contributed by atoms with Crippen molar-refractivity contribution in [2.45, 2.75) is 64.1 Å². The third-order valence-corrected chi connectivity index (χ3v) is 14.3. The number of hydrogen-bond donors (Lipinski definition) is 7. The molecule has 4 amide bonds. The molecule has 27 heteroatoms. The maximum absolute atomic E-state index is 14.8. The van der Waals surface area contributed by atoms with E-state index in [2.05, 4.69) is 20.9 Å². The molecule has 82 heavy (non-hydrogen) atoms. The number of pyridine rings is 1. The van der Waals surface area contributed by atoms with Crippen molar-refractivity contribution in [2.75, 3.05) is 124 Å². The lowest BCUT2D eigenvalue weighted by atomic mass is 9.95. The summed E-state index contributed by atoms with van der Waals surface area (Å²) >= 11 is 0. The molecule has 2 aromatic carbocycles. The van der Waals surface area contributed by atoms with Gasteiger partial charge in [0.25, 0.3) is 5.91 Å². The monoisotopic (exact) mass is 1150 g/mol. The summed E-state index contributed by atoms with van der Waals surface area (Å²) in [5.41, 5.74) is 8.26. The number of ether oxygens (including phenoxy) is 3. The molecule has 0 saturated carbocycles. The summed E-state index contributed by atoms with van der Waals surface area (Å²) in [7, 11) is 1.48. The minimum absolute atomic E-state index is 0.0272. The van der Waals surface area contributed by atoms with Crippen LogP contribution >= 0.6 is 0 Å². The SMILES string of the molecule is COc1cc2c(cc1-c1cncc(NC(=O)CCCNC(=O)[C@H](N)CCCCNC(=O)CN3CCN(CC(=O)O)CCN(CC(=O)O)CCN(CC(=O)O)CC3)c1)-c1c(c(C(=O)N3CCOCC3(C)C)nn1-c1cc(F)cc(F)c1)CO2. The highest BCUT2D eigenvalue weighted by Gasteiger charge is 2.39. The van der Waals surface area contributed by atoms with Crippen LogP contribution in [0.25, 0.3) is 28.1 Å². The number of anilines is 1. The van der Waals surface area contributed by atoms with Gasteiger partial charge >= 0.3 is 17.9 Å². The molecule has 0 radical (unpaired) electrons. The van der Waals surface area contributed by atoms with E-state index in [9.17, 15) is 57.7 Å². The van der Waals surface area contributed by atoms with Gasteiger partial charge in [-0.3, -0.25) is 58.1 Å². The van der Waals surface area contributed by atoms with Gasteiger partial charge in [0.15, 0.2) is 5.69 Å². The zero-order valence-electron chi connectivity index (χ0n) is 46.3. The maximum atomic E-state index is 14.8. The number of aliphatic carboxylic acids is 3. The van der Waals surface area contributed by atoms with Crippen molar-refractivity contribution >= 4 is 47.2 Å². The number of nitrogens with one attached hydrogen (secondary N) is 3. The average molecular weight is 1150 g/mol. The molecule has 1 atom stereocenters. The fourth-order valence-corrected chi connectivity index (χ4v) is 10.0. The first-order valence-corrected chi connectivity index (χ1v) is 27.1. The number of unbranched alkanes of at least 4 members (excludes halogenated alkanes) is 1. The predicted octanol–water partition coefficient (Wildman–Crippen LogP) is 1.96. The van der Waals surface area contributed by atoms with Gasteiger partial charge in [-0.15, -0.1) is 0 Å². The summed E-state index contributed by atoms with van der Waals surface area (Å²) in [6.07, 6.45) is 4.74. The lowest BCUT2D eigenvalue weighted by Gasteiger charge is -2.41. The van der Waals surface area contributed by atoms with E-state index >= 15 is 0 Å². The highest BCUT2D eigenvalue weighted by atomic mass is 19.1. The van der Waals surface area contributed by atoms with E-state index in [0.29, 0.717) is 110 Å². The molecule has 0 spiro atoms. The molecule has 8 N–H and O–H groups in total. The largest absolute Gasteiger partial charge is 0.496 e. The molecule has 2 saturated heterocycles. The molecule has 444 valence electrons. The average Bonchev–Trinajstić information content (AvgIpc) is 2.27. The Morgan fingerprint density at radius 2 is 1.33 bits per heavy atom. The van der Waals surface area contributed by atoms with Gasteiger partial charge in [0.1, 0.15) is 29.7 Å². The number of aromatic nitrogens is 3. The zero-order valence-corrected chi connectivity index (χ0v) is 46.3. The van der Waals surface area contributed by atoms with E-state index in [-0.39, 0.29) is 108 Å². The number of nitrogens with zero attached hydrogens (tertiary/aromatic N) is 8. The van der Waals surface area contributed by atoms with Crippen LogP contribution in [-0.2, 0) is 40.1 Å². The lowest BCUT2D eigenvalue weighted by molar-refractivity contribution is -0.140. The summed E-state index contributed by atoms with van der Waals surface area (Å²) in [5, 5.41) is 41.6. The van der Waals surface area contributed by atoms with Crippen LogP contribution in [0.2, 0.25) is 0 Å². The highest BCUT2D eigenvalue weighted by molar-refractivity contribution is 5.98. The third-order valence-electron chi connectivity index (χ3n) is 14.3. The van der Waals surface area contributed by atoms with Crippen molar-refractivity contribution in [2.24, 2.45) is 5.73 Å². The number of carbonyl (C=O) groups excluding carboxylic acids is 4. The summed E-state index contributed by atoms with van der Waals surface area (Å²) in [4.78, 5) is 101. The quantitative estimate of drug-likeness (QED) is 0.0522. The fourth-order valence-electron chi connectivity index (χ4n) is 10.0. The van der Waals surface area contributed by atoms with Gasteiger partial charge in [-0.2, -0.15) is 5.10 Å². The topological polar surface area (TPSA) is 317 Å². The van der Waals surface area contributed by atoms with Gasteiger partial charge in [0.05, 0.1) is 81.3 Å². The number of nitrogens with two attached hydrogens (primary N) is 1. The Bertz CT molecular complexity index is 2910. The Labute approximate surface area is 472 Å². The number of morpholine rings is 1. The Hall–Kier alpha value is -7.69. The van der Waals surface area contributed by atoms with Gasteiger partial charge in [-0.25, -0.2) is 13.5 Å². The van der Waals surface area contributed by atoms with Gasteiger partial charge < -0.3 is 56.1 Å². The van der Waals surface area contributed by atoms with Crippen LogP contribution in [0.1, 0.15) is 62.0 Å². The van der Waals surface area contributed by atoms with Crippen LogP contribution in [-0.4, -0.2) is 226 Å². The molecule has 25 nitrogen and oxygen atoms in total. The highest BCUT2D eigenvalue weighted by Crippen LogP contribution is 2.46. The normalized spacial score (nSPS) is 16.7. The molecule has 4 aromatic rings. The maximum Gasteiger partial charge on any atom is 0.317 e. The zero-order chi connectivity index (χ0) is 59.1. The summed E-state index contributed by atoms with van der Waals surface area (Å²) in [6, 6.07) is 7.26. The lowest BCUT2D eigenvalue weighted by Crippen LogP contribution is -2.55. The Balaban J connectivity index is 0.889. The number of hydrogen-bond acceptors (Lipinski definition) is 17. The molecule has 5 heterocycles. The van der Waals surface area contributed by atoms with E-state index in [4.69, 9.17) is 25.0 Å². The van der Waals surface area contributed by atoms with E-state index in [1.165, 1.54) is 18.0 Å². The Kier molecular flexibility index (Phi) is 21.8. The van der Waals surface area contributed by atoms with Crippen molar-refractivity contribution in [1.29, 1.82) is 0 Å². The number of carboxylic acid groups (broad SMARTS) is 3.